The van der Waals surface area contributed by atoms with Crippen LogP contribution < -0.4 is 0 Å². The number of sulfone groups is 1. The summed E-state index contributed by atoms with van der Waals surface area (Å²) in [6.45, 7) is 3.52. The summed E-state index contributed by atoms with van der Waals surface area (Å²) in [5.74, 6) is 0.261. The van der Waals surface area contributed by atoms with E-state index in [0.717, 1.165) is 5.01 Å². The van der Waals surface area contributed by atoms with Gasteiger partial charge in [0.05, 0.1) is 16.5 Å². The molecular formula is C7H11NO2S2. The van der Waals surface area contributed by atoms with E-state index in [-0.39, 0.29) is 11.5 Å². The van der Waals surface area contributed by atoms with E-state index in [1.807, 2.05) is 6.92 Å². The molecule has 0 aromatic carbocycles. The first-order valence-corrected chi connectivity index (χ1v) is 6.35. The lowest BCUT2D eigenvalue weighted by Gasteiger charge is -1.95. The van der Waals surface area contributed by atoms with Crippen LogP contribution in [0.15, 0.2) is 5.38 Å². The molecule has 3 nitrogen and oxygen atoms in total. The maximum absolute atomic E-state index is 11.1. The van der Waals surface area contributed by atoms with Gasteiger partial charge in [-0.1, -0.05) is 6.92 Å². The first-order valence-electron chi connectivity index (χ1n) is 3.65. The maximum atomic E-state index is 11.1. The summed E-state index contributed by atoms with van der Waals surface area (Å²) in [4.78, 5) is 4.08. The predicted molar refractivity (Wildman–Crippen MR) is 50.0 cm³/mol. The molecular weight excluding hydrogens is 194 g/mol. The second kappa shape index (κ2) is 3.53. The number of aryl methyl sites for hydroxylation is 1. The minimum absolute atomic E-state index is 0.0772. The fourth-order valence-electron chi connectivity index (χ4n) is 0.802. The number of hydrogen-bond acceptors (Lipinski definition) is 4. The van der Waals surface area contributed by atoms with Crippen molar-refractivity contribution in [2.45, 2.75) is 19.6 Å². The zero-order valence-electron chi connectivity index (χ0n) is 7.07. The van der Waals surface area contributed by atoms with Gasteiger partial charge in [-0.2, -0.15) is 0 Å². The van der Waals surface area contributed by atoms with Gasteiger partial charge in [0.25, 0.3) is 0 Å². The van der Waals surface area contributed by atoms with Crippen LogP contribution in [0.25, 0.3) is 0 Å². The molecule has 0 atom stereocenters. The Labute approximate surface area is 76.4 Å². The Morgan fingerprint density at radius 3 is 2.67 bits per heavy atom. The summed E-state index contributed by atoms with van der Waals surface area (Å²) in [5.41, 5.74) is 0.666. The summed E-state index contributed by atoms with van der Waals surface area (Å²) >= 11 is 1.48. The summed E-state index contributed by atoms with van der Waals surface area (Å²) in [5, 5.41) is 2.71. The van der Waals surface area contributed by atoms with Crippen LogP contribution in [-0.2, 0) is 15.6 Å². The fraction of sp³-hybridized carbons (Fsp3) is 0.571. The minimum Gasteiger partial charge on any atom is -0.246 e. The normalized spacial score (nSPS) is 11.8. The van der Waals surface area contributed by atoms with Gasteiger partial charge in [0, 0.05) is 11.1 Å². The van der Waals surface area contributed by atoms with Crippen molar-refractivity contribution in [1.82, 2.24) is 4.98 Å². The molecule has 0 aliphatic carbocycles. The highest BCUT2D eigenvalue weighted by Gasteiger charge is 2.10. The predicted octanol–water partition coefficient (Wildman–Crippen LogP) is 1.39. The van der Waals surface area contributed by atoms with E-state index in [1.165, 1.54) is 11.3 Å². The molecule has 12 heavy (non-hydrogen) atoms. The van der Waals surface area contributed by atoms with Crippen molar-refractivity contribution in [2.75, 3.05) is 5.75 Å². The number of rotatable bonds is 3. The Balaban J connectivity index is 2.77. The van der Waals surface area contributed by atoms with Crippen molar-refractivity contribution in [3.63, 3.8) is 0 Å². The van der Waals surface area contributed by atoms with Crippen molar-refractivity contribution < 1.29 is 8.42 Å². The molecule has 1 aromatic rings. The van der Waals surface area contributed by atoms with Gasteiger partial charge in [-0.05, 0) is 6.92 Å². The van der Waals surface area contributed by atoms with Crippen LogP contribution in [0.4, 0.5) is 0 Å². The van der Waals surface area contributed by atoms with Gasteiger partial charge in [-0.15, -0.1) is 11.3 Å². The van der Waals surface area contributed by atoms with Crippen LogP contribution in [0.2, 0.25) is 0 Å². The molecule has 0 saturated carbocycles. The SMILES string of the molecule is CCS(=O)(=O)Cc1csc(C)n1. The van der Waals surface area contributed by atoms with Gasteiger partial charge >= 0.3 is 0 Å². The molecule has 0 radical (unpaired) electrons. The van der Waals surface area contributed by atoms with Crippen molar-refractivity contribution in [3.05, 3.63) is 16.1 Å². The van der Waals surface area contributed by atoms with E-state index >= 15 is 0 Å². The lowest BCUT2D eigenvalue weighted by atomic mass is 10.6. The van der Waals surface area contributed by atoms with Crippen molar-refractivity contribution in [2.24, 2.45) is 0 Å². The maximum Gasteiger partial charge on any atom is 0.155 e. The highest BCUT2D eigenvalue weighted by molar-refractivity contribution is 7.90. The van der Waals surface area contributed by atoms with Gasteiger partial charge in [0.15, 0.2) is 9.84 Å². The smallest absolute Gasteiger partial charge is 0.155 e. The molecule has 0 amide bonds. The molecule has 0 aliphatic rings. The van der Waals surface area contributed by atoms with Crippen LogP contribution >= 0.6 is 11.3 Å². The van der Waals surface area contributed by atoms with Crippen molar-refractivity contribution in [3.8, 4) is 0 Å². The van der Waals surface area contributed by atoms with Gasteiger partial charge in [-0.25, -0.2) is 13.4 Å². The molecule has 5 heteroatoms. The Morgan fingerprint density at radius 1 is 1.58 bits per heavy atom. The fourth-order valence-corrected chi connectivity index (χ4v) is 2.32. The third-order valence-electron chi connectivity index (χ3n) is 1.47. The highest BCUT2D eigenvalue weighted by Crippen LogP contribution is 2.11. The molecule has 1 heterocycles. The molecule has 0 saturated heterocycles. The van der Waals surface area contributed by atoms with E-state index in [2.05, 4.69) is 4.98 Å². The van der Waals surface area contributed by atoms with Crippen LogP contribution in [-0.4, -0.2) is 19.2 Å². The number of nitrogens with zero attached hydrogens (tertiary/aromatic N) is 1. The second-order valence-electron chi connectivity index (χ2n) is 2.53. The lowest BCUT2D eigenvalue weighted by Crippen LogP contribution is -2.06. The van der Waals surface area contributed by atoms with Gasteiger partial charge in [-0.3, -0.25) is 0 Å². The minimum atomic E-state index is -2.92. The zero-order valence-corrected chi connectivity index (χ0v) is 8.70. The largest absolute Gasteiger partial charge is 0.246 e. The molecule has 68 valence electrons. The molecule has 0 N–H and O–H groups in total. The van der Waals surface area contributed by atoms with Crippen molar-refractivity contribution >= 4 is 21.2 Å². The first-order chi connectivity index (χ1) is 5.53. The average Bonchev–Trinajstić information content (AvgIpc) is 2.35. The van der Waals surface area contributed by atoms with E-state index < -0.39 is 9.84 Å². The van der Waals surface area contributed by atoms with E-state index in [1.54, 1.807) is 12.3 Å². The summed E-state index contributed by atoms with van der Waals surface area (Å²) < 4.78 is 22.3. The molecule has 0 fully saturated rings. The molecule has 0 bridgehead atoms. The van der Waals surface area contributed by atoms with Crippen LogP contribution in [0.5, 0.6) is 0 Å². The topological polar surface area (TPSA) is 47.0 Å². The molecule has 1 rings (SSSR count). The van der Waals surface area contributed by atoms with Crippen LogP contribution in [0, 0.1) is 6.92 Å². The van der Waals surface area contributed by atoms with Gasteiger partial charge < -0.3 is 0 Å². The summed E-state index contributed by atoms with van der Waals surface area (Å²) in [6.07, 6.45) is 0. The first kappa shape index (κ1) is 9.67. The third-order valence-corrected chi connectivity index (χ3v) is 3.91. The van der Waals surface area contributed by atoms with E-state index in [0.29, 0.717) is 5.69 Å². The van der Waals surface area contributed by atoms with E-state index in [4.69, 9.17) is 0 Å². The highest BCUT2D eigenvalue weighted by atomic mass is 32.2. The lowest BCUT2D eigenvalue weighted by molar-refractivity contribution is 0.596. The number of thiazole rings is 1. The average molecular weight is 205 g/mol. The van der Waals surface area contributed by atoms with E-state index in [9.17, 15) is 8.42 Å². The Bertz CT molecular complexity index is 353. The van der Waals surface area contributed by atoms with Crippen LogP contribution in [0.1, 0.15) is 17.6 Å². The second-order valence-corrected chi connectivity index (χ2v) is 5.95. The summed E-state index contributed by atoms with van der Waals surface area (Å²) in [6, 6.07) is 0. The third kappa shape index (κ3) is 2.57. The number of hydrogen-bond donors (Lipinski definition) is 0. The Morgan fingerprint density at radius 2 is 2.25 bits per heavy atom. The summed E-state index contributed by atoms with van der Waals surface area (Å²) in [7, 11) is -2.92. The quantitative estimate of drug-likeness (QED) is 0.749. The molecule has 0 unspecified atom stereocenters. The zero-order chi connectivity index (χ0) is 9.19. The molecule has 1 aromatic heterocycles. The Hall–Kier alpha value is -0.420. The van der Waals surface area contributed by atoms with Crippen molar-refractivity contribution in [1.29, 1.82) is 0 Å². The van der Waals surface area contributed by atoms with Gasteiger partial charge in [0.2, 0.25) is 0 Å². The molecule has 0 aliphatic heterocycles. The van der Waals surface area contributed by atoms with Crippen LogP contribution in [0.3, 0.4) is 0 Å². The molecule has 0 spiro atoms. The standard InChI is InChI=1S/C7H11NO2S2/c1-3-12(9,10)5-7-4-11-6(2)8-7/h4H,3,5H2,1-2H3. The monoisotopic (exact) mass is 205 g/mol. The number of aromatic nitrogens is 1. The Kier molecular flexibility index (Phi) is 2.85. The van der Waals surface area contributed by atoms with Gasteiger partial charge in [0.1, 0.15) is 0 Å².